The van der Waals surface area contributed by atoms with E-state index in [2.05, 4.69) is 31.2 Å². The van der Waals surface area contributed by atoms with Crippen molar-refractivity contribution < 1.29 is 39.6 Å². The summed E-state index contributed by atoms with van der Waals surface area (Å²) in [5.74, 6) is -6.57. The van der Waals surface area contributed by atoms with Gasteiger partial charge in [0.25, 0.3) is 5.91 Å². The van der Waals surface area contributed by atoms with Crippen molar-refractivity contribution >= 4 is 28.9 Å². The molecule has 3 atom stereocenters. The lowest BCUT2D eigenvalue weighted by atomic mass is 9.59. The molecule has 1 aromatic rings. The van der Waals surface area contributed by atoms with E-state index in [0.29, 0.717) is 35.6 Å². The van der Waals surface area contributed by atoms with Gasteiger partial charge in [-0.1, -0.05) is 25.9 Å². The van der Waals surface area contributed by atoms with E-state index in [1.54, 1.807) is 19.9 Å². The molecule has 0 saturated heterocycles. The van der Waals surface area contributed by atoms with Crippen LogP contribution in [0.25, 0.3) is 5.76 Å². The number of nitrogens with two attached hydrogens (primary N) is 1. The van der Waals surface area contributed by atoms with Crippen LogP contribution in [-0.4, -0.2) is 62.4 Å². The van der Waals surface area contributed by atoms with Crippen molar-refractivity contribution in [2.24, 2.45) is 28.1 Å². The summed E-state index contributed by atoms with van der Waals surface area (Å²) in [6.07, 6.45) is -0.130. The molecule has 0 aromatic heterocycles. The van der Waals surface area contributed by atoms with E-state index in [9.17, 15) is 34.8 Å². The Bertz CT molecular complexity index is 1380. The molecule has 11 nitrogen and oxygen atoms in total. The van der Waals surface area contributed by atoms with E-state index in [1.807, 2.05) is 0 Å². The van der Waals surface area contributed by atoms with Gasteiger partial charge in [-0.2, -0.15) is 0 Å². The normalized spacial score (nSPS) is 25.0. The molecule has 1 amide bonds. The number of carbonyl (C=O) groups excluding carboxylic acids is 3. The summed E-state index contributed by atoms with van der Waals surface area (Å²) in [6.45, 7) is 10.9. The number of carbonyl (C=O) groups is 3. The Morgan fingerprint density at radius 1 is 1.23 bits per heavy atom. The van der Waals surface area contributed by atoms with Gasteiger partial charge in [-0.3, -0.25) is 14.4 Å². The Labute approximate surface area is 232 Å². The zero-order chi connectivity index (χ0) is 29.7. The van der Waals surface area contributed by atoms with E-state index in [-0.39, 0.29) is 48.1 Å². The van der Waals surface area contributed by atoms with Gasteiger partial charge in [0.2, 0.25) is 5.78 Å². The van der Waals surface area contributed by atoms with Crippen molar-refractivity contribution in [1.82, 2.24) is 5.32 Å². The summed E-state index contributed by atoms with van der Waals surface area (Å²) in [5.41, 5.74) is 3.77. The highest BCUT2D eigenvalue weighted by molar-refractivity contribution is 6.22. The first-order chi connectivity index (χ1) is 18.6. The van der Waals surface area contributed by atoms with E-state index in [4.69, 9.17) is 10.6 Å². The molecular formula is C29H37N3O8. The quantitative estimate of drug-likeness (QED) is 0.166. The Kier molecular flexibility index (Phi) is 7.59. The van der Waals surface area contributed by atoms with Gasteiger partial charge in [0, 0.05) is 42.1 Å². The predicted octanol–water partition coefficient (Wildman–Crippen LogP) is 2.32. The van der Waals surface area contributed by atoms with Crippen LogP contribution in [0.3, 0.4) is 0 Å². The molecule has 1 saturated carbocycles. The number of ketones is 2. The molecule has 1 unspecified atom stereocenters. The molecule has 11 heteroatoms. The number of rotatable bonds is 7. The topological polar surface area (TPSA) is 192 Å². The van der Waals surface area contributed by atoms with Gasteiger partial charge in [-0.25, -0.2) is 0 Å². The summed E-state index contributed by atoms with van der Waals surface area (Å²) < 4.78 is 0. The van der Waals surface area contributed by atoms with Gasteiger partial charge in [-0.15, -0.1) is 0 Å². The van der Waals surface area contributed by atoms with Crippen LogP contribution in [0.5, 0.6) is 5.75 Å². The second-order valence-electron chi connectivity index (χ2n) is 12.0. The Morgan fingerprint density at radius 3 is 2.50 bits per heavy atom. The van der Waals surface area contributed by atoms with E-state index >= 15 is 0 Å². The van der Waals surface area contributed by atoms with Crippen molar-refractivity contribution in [2.45, 2.75) is 66.0 Å². The maximum absolute atomic E-state index is 13.8. The molecule has 4 rings (SSSR count). The number of hydrogen-bond donors (Lipinski definition) is 6. The van der Waals surface area contributed by atoms with Crippen LogP contribution in [0.1, 0.15) is 69.7 Å². The molecule has 7 N–H and O–H groups in total. The van der Waals surface area contributed by atoms with Crippen molar-refractivity contribution in [1.29, 1.82) is 0 Å². The number of hydrogen-bond acceptors (Lipinski definition) is 10. The van der Waals surface area contributed by atoms with Gasteiger partial charge in [-0.05, 0) is 49.7 Å². The number of phenolic OH excluding ortho intramolecular Hbond substituents is 1. The van der Waals surface area contributed by atoms with Gasteiger partial charge in [0.1, 0.15) is 29.4 Å². The number of Topliss-reactive ketones (excluding diaryl/α,β-unsaturated/α-hetero) is 2. The van der Waals surface area contributed by atoms with Crippen molar-refractivity contribution in [3.63, 3.8) is 0 Å². The lowest BCUT2D eigenvalue weighted by Crippen LogP contribution is -2.58. The second-order valence-corrected chi connectivity index (χ2v) is 12.0. The second kappa shape index (κ2) is 10.4. The van der Waals surface area contributed by atoms with E-state index < -0.39 is 52.0 Å². The van der Waals surface area contributed by atoms with Gasteiger partial charge in [0.15, 0.2) is 11.4 Å². The van der Waals surface area contributed by atoms with Crippen LogP contribution >= 0.6 is 0 Å². The smallest absolute Gasteiger partial charge is 0.255 e. The number of nitrogens with zero attached hydrogens (tertiary/aromatic N) is 1. The molecule has 216 valence electrons. The molecule has 1 aromatic carbocycles. The van der Waals surface area contributed by atoms with Crippen LogP contribution in [0.15, 0.2) is 28.1 Å². The van der Waals surface area contributed by atoms with Crippen LogP contribution in [0, 0.1) is 17.3 Å². The third kappa shape index (κ3) is 4.77. The molecule has 3 aliphatic rings. The Hall–Kier alpha value is -3.70. The lowest BCUT2D eigenvalue weighted by Gasteiger charge is -2.46. The third-order valence-electron chi connectivity index (χ3n) is 7.83. The third-order valence-corrected chi connectivity index (χ3v) is 7.83. The fourth-order valence-corrected chi connectivity index (χ4v) is 5.99. The number of primary amides is 1. The molecule has 1 fully saturated rings. The number of amides is 1. The van der Waals surface area contributed by atoms with Crippen LogP contribution in [0.2, 0.25) is 0 Å². The molecule has 0 bridgehead atoms. The van der Waals surface area contributed by atoms with Crippen LogP contribution in [-0.2, 0) is 32.2 Å². The summed E-state index contributed by atoms with van der Waals surface area (Å²) in [7, 11) is 0. The largest absolute Gasteiger partial charge is 0.508 e. The van der Waals surface area contributed by atoms with E-state index in [0.717, 1.165) is 0 Å². The number of oxime groups is 1. The zero-order valence-corrected chi connectivity index (χ0v) is 23.4. The number of aromatic hydroxyl groups is 1. The van der Waals surface area contributed by atoms with Crippen molar-refractivity contribution in [3.8, 4) is 5.75 Å². The maximum Gasteiger partial charge on any atom is 0.255 e. The highest BCUT2D eigenvalue weighted by Gasteiger charge is 2.60. The summed E-state index contributed by atoms with van der Waals surface area (Å²) in [4.78, 5) is 43.5. The molecule has 40 heavy (non-hydrogen) atoms. The minimum Gasteiger partial charge on any atom is -0.508 e. The first-order valence-electron chi connectivity index (χ1n) is 13.4. The maximum atomic E-state index is 13.8. The number of benzene rings is 1. The first-order valence-corrected chi connectivity index (χ1v) is 13.4. The molecular weight excluding hydrogens is 518 g/mol. The highest BCUT2D eigenvalue weighted by atomic mass is 16.6. The molecule has 0 heterocycles. The van der Waals surface area contributed by atoms with Crippen LogP contribution in [0.4, 0.5) is 0 Å². The summed E-state index contributed by atoms with van der Waals surface area (Å²) in [5, 5.41) is 52.5. The number of nitrogens with one attached hydrogen (secondary N) is 1. The summed E-state index contributed by atoms with van der Waals surface area (Å²) in [6, 6.07) is 1.78. The van der Waals surface area contributed by atoms with Gasteiger partial charge in [0.05, 0.1) is 11.3 Å². The Morgan fingerprint density at radius 2 is 1.90 bits per heavy atom. The zero-order valence-electron chi connectivity index (χ0n) is 23.4. The van der Waals surface area contributed by atoms with Gasteiger partial charge < -0.3 is 36.3 Å². The summed E-state index contributed by atoms with van der Waals surface area (Å²) >= 11 is 0. The highest BCUT2D eigenvalue weighted by Crippen LogP contribution is 2.52. The van der Waals surface area contributed by atoms with Crippen molar-refractivity contribution in [2.75, 3.05) is 13.2 Å². The predicted molar refractivity (Wildman–Crippen MR) is 146 cm³/mol. The Balaban J connectivity index is 1.90. The average molecular weight is 556 g/mol. The number of aliphatic hydroxyl groups excluding tert-OH is 2. The molecule has 3 aliphatic carbocycles. The fraction of sp³-hybridized carbons (Fsp3) is 0.517. The monoisotopic (exact) mass is 555 g/mol. The SMILES string of the molecule is CCO/N=C(\C)c1cc(CNCC(C)(C)C)c(O)c2c1CC1C[C@H]3CC(=O)C(C(N)=O)=C(O)[C@@]3(O)C(=O)C1=C2O. The fourth-order valence-electron chi connectivity index (χ4n) is 5.99. The van der Waals surface area contributed by atoms with Crippen molar-refractivity contribution in [3.05, 3.63) is 45.2 Å². The first kappa shape index (κ1) is 29.3. The number of phenols is 1. The van der Waals surface area contributed by atoms with E-state index in [1.165, 1.54) is 0 Å². The van der Waals surface area contributed by atoms with Gasteiger partial charge >= 0.3 is 0 Å². The minimum atomic E-state index is -2.60. The average Bonchev–Trinajstić information content (AvgIpc) is 2.85. The molecule has 0 radical (unpaired) electrons. The standard InChI is InChI=1S/C29H37N3O8/c1-6-40-32-13(2)17-9-15(11-31-12-28(3,4)5)23(34)21-18(17)8-14-7-16-10-19(33)22(27(30)38)26(37)29(16,39)25(36)20(14)24(21)35/h9,14,16,31,34-35,37,39H,6-8,10-12H2,1-5H3,(H2,30,38)/b32-13+/t14?,16-,29-/m0/s1. The molecule has 0 spiro atoms. The lowest BCUT2D eigenvalue weighted by molar-refractivity contribution is -0.147. The van der Waals surface area contributed by atoms with Crippen LogP contribution < -0.4 is 11.1 Å². The number of aliphatic hydroxyl groups is 3. The minimum absolute atomic E-state index is 0.0303. The number of fused-ring (bicyclic) bond motifs is 3. The molecule has 0 aliphatic heterocycles.